The molecule has 0 amide bonds. The average molecular weight is 298 g/mol. The molecule has 2 aromatic rings. The summed E-state index contributed by atoms with van der Waals surface area (Å²) in [6.07, 6.45) is 9.27. The Labute approximate surface area is 131 Å². The molecular formula is C18H22N2O2. The minimum atomic E-state index is 0.567. The fourth-order valence-corrected chi connectivity index (χ4v) is 2.40. The minimum absolute atomic E-state index is 0.567. The second-order valence-electron chi connectivity index (χ2n) is 5.44. The summed E-state index contributed by atoms with van der Waals surface area (Å²) in [5.41, 5.74) is 3.12. The smallest absolute Gasteiger partial charge is 0.223 e. The number of nitrogens with zero attached hydrogens (tertiary/aromatic N) is 2. The van der Waals surface area contributed by atoms with Gasteiger partial charge in [-0.05, 0) is 56.4 Å². The lowest BCUT2D eigenvalue weighted by atomic mass is 10.1. The summed E-state index contributed by atoms with van der Waals surface area (Å²) in [4.78, 5) is 4.26. The Balaban J connectivity index is 2.00. The second kappa shape index (κ2) is 7.65. The Hall–Kier alpha value is -2.28. The highest BCUT2D eigenvalue weighted by atomic mass is 16.5. The van der Waals surface area contributed by atoms with E-state index in [1.807, 2.05) is 26.0 Å². The van der Waals surface area contributed by atoms with Crippen molar-refractivity contribution in [2.75, 3.05) is 6.61 Å². The topological polar surface area (TPSA) is 48.2 Å². The molecule has 0 aliphatic carbocycles. The molecule has 0 spiro atoms. The van der Waals surface area contributed by atoms with Crippen molar-refractivity contribution in [1.29, 1.82) is 0 Å². The fourth-order valence-electron chi connectivity index (χ4n) is 2.40. The standard InChI is InChI=1S/C18H22N2O2/c1-5-6-7-8-9-10-21-17-13(2)11-16(12-14(17)3)18-19-15(4)22-20-18/h1,11-12H,6-10H2,2-4H3. The number of hydrogen-bond acceptors (Lipinski definition) is 4. The molecule has 0 saturated carbocycles. The monoisotopic (exact) mass is 298 g/mol. The third kappa shape index (κ3) is 4.11. The van der Waals surface area contributed by atoms with Crippen LogP contribution in [0.2, 0.25) is 0 Å². The lowest BCUT2D eigenvalue weighted by Gasteiger charge is -2.13. The Bertz CT molecular complexity index is 645. The predicted octanol–water partition coefficient (Wildman–Crippen LogP) is 4.23. The van der Waals surface area contributed by atoms with Gasteiger partial charge >= 0.3 is 0 Å². The van der Waals surface area contributed by atoms with Gasteiger partial charge in [-0.3, -0.25) is 0 Å². The van der Waals surface area contributed by atoms with Crippen LogP contribution in [0.5, 0.6) is 5.75 Å². The van der Waals surface area contributed by atoms with Crippen molar-refractivity contribution in [3.63, 3.8) is 0 Å². The van der Waals surface area contributed by atoms with Crippen molar-refractivity contribution in [3.8, 4) is 29.5 Å². The number of unbranched alkanes of at least 4 members (excludes halogenated alkanes) is 3. The molecule has 2 rings (SSSR count). The van der Waals surface area contributed by atoms with Gasteiger partial charge in [-0.25, -0.2) is 0 Å². The Morgan fingerprint density at radius 2 is 1.86 bits per heavy atom. The molecule has 0 unspecified atom stereocenters. The summed E-state index contributed by atoms with van der Waals surface area (Å²) in [5, 5.41) is 3.96. The summed E-state index contributed by atoms with van der Waals surface area (Å²) in [7, 11) is 0. The molecule has 0 fully saturated rings. The molecule has 0 aliphatic rings. The number of aryl methyl sites for hydroxylation is 3. The molecule has 1 aromatic heterocycles. The number of aromatic nitrogens is 2. The highest BCUT2D eigenvalue weighted by Crippen LogP contribution is 2.29. The summed E-state index contributed by atoms with van der Waals surface area (Å²) >= 11 is 0. The molecule has 0 aliphatic heterocycles. The van der Waals surface area contributed by atoms with Gasteiger partial charge in [0.1, 0.15) is 5.75 Å². The van der Waals surface area contributed by atoms with Crippen LogP contribution in [-0.2, 0) is 0 Å². The largest absolute Gasteiger partial charge is 0.493 e. The Morgan fingerprint density at radius 3 is 2.45 bits per heavy atom. The van der Waals surface area contributed by atoms with E-state index >= 15 is 0 Å². The molecule has 22 heavy (non-hydrogen) atoms. The van der Waals surface area contributed by atoms with E-state index in [0.717, 1.165) is 48.1 Å². The SMILES string of the molecule is C#CCCCCCOc1c(C)cc(-c2noc(C)n2)cc1C. The van der Waals surface area contributed by atoms with Crippen molar-refractivity contribution < 1.29 is 9.26 Å². The maximum atomic E-state index is 5.93. The average Bonchev–Trinajstić information content (AvgIpc) is 2.91. The van der Waals surface area contributed by atoms with Gasteiger partial charge in [0.15, 0.2) is 0 Å². The predicted molar refractivity (Wildman–Crippen MR) is 86.7 cm³/mol. The van der Waals surface area contributed by atoms with Gasteiger partial charge in [0, 0.05) is 18.9 Å². The maximum Gasteiger partial charge on any atom is 0.223 e. The number of benzene rings is 1. The molecular weight excluding hydrogens is 276 g/mol. The first-order valence-corrected chi connectivity index (χ1v) is 7.60. The molecule has 1 heterocycles. The molecule has 0 bridgehead atoms. The highest BCUT2D eigenvalue weighted by molar-refractivity contribution is 5.60. The maximum absolute atomic E-state index is 5.93. The van der Waals surface area contributed by atoms with Gasteiger partial charge < -0.3 is 9.26 Å². The van der Waals surface area contributed by atoms with Gasteiger partial charge in [0.2, 0.25) is 11.7 Å². The van der Waals surface area contributed by atoms with E-state index in [9.17, 15) is 0 Å². The normalized spacial score (nSPS) is 10.5. The van der Waals surface area contributed by atoms with Crippen LogP contribution in [0, 0.1) is 33.1 Å². The Morgan fingerprint density at radius 1 is 1.14 bits per heavy atom. The summed E-state index contributed by atoms with van der Waals surface area (Å²) in [6, 6.07) is 4.07. The number of rotatable bonds is 7. The highest BCUT2D eigenvalue weighted by Gasteiger charge is 2.11. The summed E-state index contributed by atoms with van der Waals surface area (Å²) in [6.45, 7) is 6.58. The van der Waals surface area contributed by atoms with E-state index in [0.29, 0.717) is 18.3 Å². The quantitative estimate of drug-likeness (QED) is 0.567. The van der Waals surface area contributed by atoms with Gasteiger partial charge in [0.25, 0.3) is 0 Å². The second-order valence-corrected chi connectivity index (χ2v) is 5.44. The van der Waals surface area contributed by atoms with Crippen molar-refractivity contribution in [3.05, 3.63) is 29.2 Å². The lowest BCUT2D eigenvalue weighted by molar-refractivity contribution is 0.302. The Kier molecular flexibility index (Phi) is 5.60. The van der Waals surface area contributed by atoms with E-state index in [2.05, 4.69) is 16.1 Å². The minimum Gasteiger partial charge on any atom is -0.493 e. The molecule has 0 saturated heterocycles. The third-order valence-electron chi connectivity index (χ3n) is 3.46. The summed E-state index contributed by atoms with van der Waals surface area (Å²) < 4.78 is 11.0. The van der Waals surface area contributed by atoms with Crippen LogP contribution in [0.1, 0.15) is 42.7 Å². The molecule has 4 heteroatoms. The van der Waals surface area contributed by atoms with E-state index in [1.165, 1.54) is 0 Å². The van der Waals surface area contributed by atoms with Crippen molar-refractivity contribution in [2.45, 2.75) is 46.5 Å². The van der Waals surface area contributed by atoms with Crippen molar-refractivity contribution in [2.24, 2.45) is 0 Å². The lowest BCUT2D eigenvalue weighted by Crippen LogP contribution is -2.01. The van der Waals surface area contributed by atoms with Crippen LogP contribution in [-0.4, -0.2) is 16.7 Å². The van der Waals surface area contributed by atoms with Crippen LogP contribution in [0.4, 0.5) is 0 Å². The van der Waals surface area contributed by atoms with E-state index in [4.69, 9.17) is 15.7 Å². The molecule has 116 valence electrons. The third-order valence-corrected chi connectivity index (χ3v) is 3.46. The van der Waals surface area contributed by atoms with Crippen LogP contribution in [0.15, 0.2) is 16.7 Å². The first-order chi connectivity index (χ1) is 10.6. The molecule has 0 radical (unpaired) electrons. The zero-order valence-corrected chi connectivity index (χ0v) is 13.5. The molecule has 0 atom stereocenters. The first kappa shape index (κ1) is 16.1. The van der Waals surface area contributed by atoms with E-state index in [1.54, 1.807) is 6.92 Å². The van der Waals surface area contributed by atoms with E-state index < -0.39 is 0 Å². The molecule has 0 N–H and O–H groups in total. The first-order valence-electron chi connectivity index (χ1n) is 7.60. The number of terminal acetylenes is 1. The van der Waals surface area contributed by atoms with Gasteiger partial charge in [-0.1, -0.05) is 5.16 Å². The van der Waals surface area contributed by atoms with Gasteiger partial charge in [0.05, 0.1) is 6.61 Å². The van der Waals surface area contributed by atoms with Crippen LogP contribution in [0.25, 0.3) is 11.4 Å². The van der Waals surface area contributed by atoms with Gasteiger partial charge in [-0.2, -0.15) is 4.98 Å². The van der Waals surface area contributed by atoms with Crippen molar-refractivity contribution in [1.82, 2.24) is 10.1 Å². The van der Waals surface area contributed by atoms with Crippen LogP contribution in [0.3, 0.4) is 0 Å². The van der Waals surface area contributed by atoms with Crippen LogP contribution >= 0.6 is 0 Å². The van der Waals surface area contributed by atoms with Gasteiger partial charge in [-0.15, -0.1) is 12.3 Å². The molecule has 1 aromatic carbocycles. The number of hydrogen-bond donors (Lipinski definition) is 0. The zero-order valence-electron chi connectivity index (χ0n) is 13.5. The van der Waals surface area contributed by atoms with Crippen molar-refractivity contribution >= 4 is 0 Å². The molecule has 4 nitrogen and oxygen atoms in total. The number of ether oxygens (including phenoxy) is 1. The van der Waals surface area contributed by atoms with Crippen LogP contribution < -0.4 is 4.74 Å². The zero-order chi connectivity index (χ0) is 15.9. The van der Waals surface area contributed by atoms with E-state index in [-0.39, 0.29) is 0 Å². The summed E-state index contributed by atoms with van der Waals surface area (Å²) in [5.74, 6) is 4.79. The fraction of sp³-hybridized carbons (Fsp3) is 0.444.